The summed E-state index contributed by atoms with van der Waals surface area (Å²) in [6.07, 6.45) is 2.07. The fourth-order valence-corrected chi connectivity index (χ4v) is 1.76. The molecule has 1 atom stereocenters. The summed E-state index contributed by atoms with van der Waals surface area (Å²) in [4.78, 5) is 24.6. The van der Waals surface area contributed by atoms with Crippen LogP contribution in [0.25, 0.3) is 0 Å². The second-order valence-corrected chi connectivity index (χ2v) is 4.52. The zero-order valence-corrected chi connectivity index (χ0v) is 9.75. The van der Waals surface area contributed by atoms with Crippen LogP contribution < -0.4 is 5.32 Å². The molecular formula is C11H20N2O2. The Morgan fingerprint density at radius 3 is 2.73 bits per heavy atom. The summed E-state index contributed by atoms with van der Waals surface area (Å²) in [5, 5.41) is 2.58. The van der Waals surface area contributed by atoms with Gasteiger partial charge in [-0.1, -0.05) is 13.8 Å². The largest absolute Gasteiger partial charge is 0.345 e. The lowest BCUT2D eigenvalue weighted by Crippen LogP contribution is -2.57. The number of nitrogens with one attached hydrogen (secondary N) is 1. The minimum Gasteiger partial charge on any atom is -0.345 e. The van der Waals surface area contributed by atoms with Gasteiger partial charge in [0.1, 0.15) is 6.04 Å². The Morgan fingerprint density at radius 2 is 2.13 bits per heavy atom. The third-order valence-electron chi connectivity index (χ3n) is 2.76. The Labute approximate surface area is 91.0 Å². The summed E-state index contributed by atoms with van der Waals surface area (Å²) in [6, 6.07) is -0.307. The van der Waals surface area contributed by atoms with E-state index in [4.69, 9.17) is 0 Å². The van der Waals surface area contributed by atoms with E-state index in [2.05, 4.69) is 19.2 Å². The fraction of sp³-hybridized carbons (Fsp3) is 0.818. The highest BCUT2D eigenvalue weighted by molar-refractivity contribution is 5.94. The van der Waals surface area contributed by atoms with Crippen LogP contribution in [-0.4, -0.2) is 35.8 Å². The van der Waals surface area contributed by atoms with Gasteiger partial charge in [0.05, 0.1) is 6.54 Å². The first-order valence-electron chi connectivity index (χ1n) is 5.59. The monoisotopic (exact) mass is 212 g/mol. The van der Waals surface area contributed by atoms with Crippen molar-refractivity contribution >= 4 is 11.8 Å². The fourth-order valence-electron chi connectivity index (χ4n) is 1.76. The van der Waals surface area contributed by atoms with Crippen molar-refractivity contribution in [2.24, 2.45) is 5.92 Å². The number of amides is 2. The molecule has 1 fully saturated rings. The van der Waals surface area contributed by atoms with E-state index in [1.54, 1.807) is 11.8 Å². The second kappa shape index (κ2) is 5.14. The second-order valence-electron chi connectivity index (χ2n) is 4.52. The molecular weight excluding hydrogens is 192 g/mol. The number of rotatable bonds is 4. The molecule has 0 aromatic carbocycles. The van der Waals surface area contributed by atoms with Gasteiger partial charge in [-0.05, 0) is 25.7 Å². The van der Waals surface area contributed by atoms with Crippen molar-refractivity contribution in [2.75, 3.05) is 13.1 Å². The molecule has 0 saturated carbocycles. The van der Waals surface area contributed by atoms with Crippen molar-refractivity contribution in [1.82, 2.24) is 10.2 Å². The molecule has 15 heavy (non-hydrogen) atoms. The van der Waals surface area contributed by atoms with Crippen LogP contribution in [0.5, 0.6) is 0 Å². The van der Waals surface area contributed by atoms with Gasteiger partial charge in [0.25, 0.3) is 0 Å². The maximum Gasteiger partial charge on any atom is 0.242 e. The molecule has 1 aliphatic rings. The number of nitrogens with zero attached hydrogens (tertiary/aromatic N) is 1. The first kappa shape index (κ1) is 12.0. The molecule has 0 aromatic rings. The van der Waals surface area contributed by atoms with Gasteiger partial charge in [-0.3, -0.25) is 9.59 Å². The Hall–Kier alpha value is -1.06. The topological polar surface area (TPSA) is 49.4 Å². The highest BCUT2D eigenvalue weighted by Gasteiger charge is 2.30. The molecule has 4 heteroatoms. The van der Waals surface area contributed by atoms with Gasteiger partial charge in [-0.15, -0.1) is 0 Å². The summed E-state index contributed by atoms with van der Waals surface area (Å²) in [5.74, 6) is 0.638. The highest BCUT2D eigenvalue weighted by atomic mass is 16.2. The molecule has 4 nitrogen and oxygen atoms in total. The summed E-state index contributed by atoms with van der Waals surface area (Å²) in [5.41, 5.74) is 0. The van der Waals surface area contributed by atoms with Crippen LogP contribution in [-0.2, 0) is 9.59 Å². The van der Waals surface area contributed by atoms with E-state index >= 15 is 0 Å². The van der Waals surface area contributed by atoms with E-state index in [1.807, 2.05) is 0 Å². The van der Waals surface area contributed by atoms with Crippen molar-refractivity contribution in [3.63, 3.8) is 0 Å². The van der Waals surface area contributed by atoms with Crippen LogP contribution in [0.15, 0.2) is 0 Å². The highest BCUT2D eigenvalue weighted by Crippen LogP contribution is 2.10. The van der Waals surface area contributed by atoms with Crippen molar-refractivity contribution in [2.45, 2.75) is 39.7 Å². The number of hydrogen-bond donors (Lipinski definition) is 1. The Kier molecular flexibility index (Phi) is 4.12. The maximum absolute atomic E-state index is 11.5. The van der Waals surface area contributed by atoms with Crippen molar-refractivity contribution < 1.29 is 9.59 Å². The first-order valence-corrected chi connectivity index (χ1v) is 5.59. The number of carbonyl (C=O) groups is 2. The Bertz CT molecular complexity index is 251. The minimum absolute atomic E-state index is 0.0332. The van der Waals surface area contributed by atoms with E-state index in [9.17, 15) is 9.59 Å². The average Bonchev–Trinajstić information content (AvgIpc) is 2.17. The van der Waals surface area contributed by atoms with Gasteiger partial charge < -0.3 is 10.2 Å². The summed E-state index contributed by atoms with van der Waals surface area (Å²) >= 11 is 0. The van der Waals surface area contributed by atoms with Crippen LogP contribution in [0.2, 0.25) is 0 Å². The molecule has 0 radical (unpaired) electrons. The normalized spacial score (nSPS) is 22.1. The van der Waals surface area contributed by atoms with Gasteiger partial charge in [-0.2, -0.15) is 0 Å². The molecule has 1 N–H and O–H groups in total. The van der Waals surface area contributed by atoms with E-state index in [0.717, 1.165) is 12.8 Å². The van der Waals surface area contributed by atoms with E-state index in [1.165, 1.54) is 0 Å². The summed E-state index contributed by atoms with van der Waals surface area (Å²) in [7, 11) is 0. The van der Waals surface area contributed by atoms with Crippen molar-refractivity contribution in [3.8, 4) is 0 Å². The van der Waals surface area contributed by atoms with Gasteiger partial charge in [0.2, 0.25) is 11.8 Å². The number of piperazine rings is 1. The lowest BCUT2D eigenvalue weighted by molar-refractivity contribution is -0.144. The average molecular weight is 212 g/mol. The summed E-state index contributed by atoms with van der Waals surface area (Å²) < 4.78 is 0. The van der Waals surface area contributed by atoms with E-state index in [0.29, 0.717) is 12.5 Å². The maximum atomic E-state index is 11.5. The third kappa shape index (κ3) is 3.22. The zero-order valence-electron chi connectivity index (χ0n) is 9.75. The third-order valence-corrected chi connectivity index (χ3v) is 2.76. The lowest BCUT2D eigenvalue weighted by atomic mass is 10.1. The molecule has 0 aromatic heterocycles. The van der Waals surface area contributed by atoms with Gasteiger partial charge in [-0.25, -0.2) is 0 Å². The van der Waals surface area contributed by atoms with Crippen LogP contribution in [0.4, 0.5) is 0 Å². The van der Waals surface area contributed by atoms with Crippen LogP contribution in [0.3, 0.4) is 0 Å². The molecule has 0 spiro atoms. The van der Waals surface area contributed by atoms with Crippen LogP contribution in [0.1, 0.15) is 33.6 Å². The molecule has 0 bridgehead atoms. The van der Waals surface area contributed by atoms with Gasteiger partial charge >= 0.3 is 0 Å². The Balaban J connectivity index is 2.43. The quantitative estimate of drug-likeness (QED) is 0.748. The molecule has 2 amide bonds. The Morgan fingerprint density at radius 1 is 1.47 bits per heavy atom. The SMILES string of the molecule is CC(C)CCCN1C(=O)CNC(=O)C1C. The molecule has 0 aliphatic carbocycles. The standard InChI is InChI=1S/C11H20N2O2/c1-8(2)5-4-6-13-9(3)11(15)12-7-10(13)14/h8-9H,4-7H2,1-3H3,(H,12,15). The number of hydrogen-bond acceptors (Lipinski definition) is 2. The molecule has 1 unspecified atom stereocenters. The smallest absolute Gasteiger partial charge is 0.242 e. The predicted octanol–water partition coefficient (Wildman–Crippen LogP) is 0.769. The molecule has 86 valence electrons. The number of carbonyl (C=O) groups excluding carboxylic acids is 2. The van der Waals surface area contributed by atoms with Crippen molar-refractivity contribution in [1.29, 1.82) is 0 Å². The predicted molar refractivity (Wildman–Crippen MR) is 58.3 cm³/mol. The zero-order chi connectivity index (χ0) is 11.4. The van der Waals surface area contributed by atoms with Crippen LogP contribution >= 0.6 is 0 Å². The van der Waals surface area contributed by atoms with Crippen molar-refractivity contribution in [3.05, 3.63) is 0 Å². The molecule has 1 aliphatic heterocycles. The van der Waals surface area contributed by atoms with Crippen LogP contribution in [0, 0.1) is 5.92 Å². The molecule has 1 saturated heterocycles. The summed E-state index contributed by atoms with van der Waals surface area (Å²) in [6.45, 7) is 6.96. The van der Waals surface area contributed by atoms with E-state index < -0.39 is 0 Å². The minimum atomic E-state index is -0.307. The van der Waals surface area contributed by atoms with E-state index in [-0.39, 0.29) is 24.4 Å². The lowest BCUT2D eigenvalue weighted by Gasteiger charge is -2.32. The molecule has 1 rings (SSSR count). The van der Waals surface area contributed by atoms with Gasteiger partial charge in [0.15, 0.2) is 0 Å². The first-order chi connectivity index (χ1) is 7.02. The van der Waals surface area contributed by atoms with Gasteiger partial charge in [0, 0.05) is 6.54 Å². The molecule has 1 heterocycles.